The van der Waals surface area contributed by atoms with Gasteiger partial charge < -0.3 is 20.0 Å². The Morgan fingerprint density at radius 1 is 0.900 bits per heavy atom. The smallest absolute Gasteiger partial charge is 0.263 e. The number of carbonyl (C=O) groups excluding carboxylic acids is 1. The van der Waals surface area contributed by atoms with E-state index in [9.17, 15) is 4.79 Å². The Morgan fingerprint density at radius 3 is 2.48 bits per heavy atom. The van der Waals surface area contributed by atoms with E-state index in [0.29, 0.717) is 37.0 Å². The Bertz CT molecular complexity index is 1460. The maximum Gasteiger partial charge on any atom is 0.263 e. The van der Waals surface area contributed by atoms with E-state index in [0.717, 1.165) is 49.8 Å². The van der Waals surface area contributed by atoms with Gasteiger partial charge in [-0.2, -0.15) is 4.98 Å². The van der Waals surface area contributed by atoms with Crippen molar-refractivity contribution >= 4 is 29.0 Å². The van der Waals surface area contributed by atoms with Crippen molar-refractivity contribution in [3.05, 3.63) is 78.2 Å². The molecular weight excluding hydrogens is 504 g/mol. The molecule has 1 fully saturated rings. The summed E-state index contributed by atoms with van der Waals surface area (Å²) in [5.74, 6) is 1.05. The summed E-state index contributed by atoms with van der Waals surface area (Å²) in [7, 11) is 1.95. The third-order valence-electron chi connectivity index (χ3n) is 7.43. The van der Waals surface area contributed by atoms with Gasteiger partial charge in [0.15, 0.2) is 0 Å². The van der Waals surface area contributed by atoms with Gasteiger partial charge in [-0.1, -0.05) is 29.5 Å². The van der Waals surface area contributed by atoms with Crippen molar-refractivity contribution < 1.29 is 4.79 Å². The summed E-state index contributed by atoms with van der Waals surface area (Å²) >= 11 is 0. The molecule has 206 valence electrons. The maximum absolute atomic E-state index is 13.6. The third kappa shape index (κ3) is 5.32. The van der Waals surface area contributed by atoms with E-state index in [1.54, 1.807) is 15.8 Å². The van der Waals surface area contributed by atoms with Gasteiger partial charge >= 0.3 is 0 Å². The molecule has 2 aromatic carbocycles. The van der Waals surface area contributed by atoms with Crippen LogP contribution < -0.4 is 20.0 Å². The molecule has 40 heavy (non-hydrogen) atoms. The SMILES string of the molecule is CCNc1ncc2c(n1)N(C)CCN(c1cccc(-n3cc(CN4CCN(c5ccccc5)CC4)nn3)c1)C2=O. The minimum absolute atomic E-state index is 0.117. The van der Waals surface area contributed by atoms with Gasteiger partial charge in [0, 0.05) is 77.0 Å². The zero-order valence-corrected chi connectivity index (χ0v) is 22.9. The fourth-order valence-electron chi connectivity index (χ4n) is 5.24. The molecule has 2 aliphatic rings. The van der Waals surface area contributed by atoms with Crippen molar-refractivity contribution in [1.82, 2.24) is 29.9 Å². The Balaban J connectivity index is 1.14. The summed E-state index contributed by atoms with van der Waals surface area (Å²) < 4.78 is 1.78. The molecule has 2 aromatic heterocycles. The van der Waals surface area contributed by atoms with Crippen LogP contribution in [0.25, 0.3) is 5.69 Å². The minimum atomic E-state index is -0.117. The third-order valence-corrected chi connectivity index (χ3v) is 7.43. The van der Waals surface area contributed by atoms with Crippen LogP contribution in [0.15, 0.2) is 67.0 Å². The molecule has 1 amide bonds. The molecule has 6 rings (SSSR count). The van der Waals surface area contributed by atoms with E-state index in [4.69, 9.17) is 0 Å². The van der Waals surface area contributed by atoms with Gasteiger partial charge in [-0.25, -0.2) is 9.67 Å². The van der Waals surface area contributed by atoms with Crippen molar-refractivity contribution in [3.8, 4) is 5.69 Å². The number of carbonyl (C=O) groups is 1. The average molecular weight is 539 g/mol. The van der Waals surface area contributed by atoms with Gasteiger partial charge in [0.25, 0.3) is 5.91 Å². The summed E-state index contributed by atoms with van der Waals surface area (Å²) in [4.78, 5) is 31.1. The van der Waals surface area contributed by atoms with Gasteiger partial charge in [-0.3, -0.25) is 9.69 Å². The van der Waals surface area contributed by atoms with E-state index in [2.05, 4.69) is 65.7 Å². The van der Waals surface area contributed by atoms with E-state index < -0.39 is 0 Å². The van der Waals surface area contributed by atoms with Crippen LogP contribution >= 0.6 is 0 Å². The number of para-hydroxylation sites is 1. The summed E-state index contributed by atoms with van der Waals surface area (Å²) in [6.07, 6.45) is 3.59. The molecule has 0 aliphatic carbocycles. The van der Waals surface area contributed by atoms with Crippen LogP contribution in [0, 0.1) is 0 Å². The largest absolute Gasteiger partial charge is 0.369 e. The second-order valence-electron chi connectivity index (χ2n) is 10.1. The molecule has 1 saturated heterocycles. The van der Waals surface area contributed by atoms with Crippen LogP contribution in [0.4, 0.5) is 23.1 Å². The number of rotatable bonds is 7. The Kier molecular flexibility index (Phi) is 7.28. The highest BCUT2D eigenvalue weighted by molar-refractivity contribution is 6.09. The topological polar surface area (TPSA) is 98.6 Å². The number of nitrogens with zero attached hydrogens (tertiary/aromatic N) is 9. The standard InChI is InChI=1S/C29H34N10O/c1-3-30-29-31-19-26-27(32-29)35(2)12-17-38(28(26)40)24-10-7-11-25(18-24)39-21-22(33-34-39)20-36-13-15-37(16-14-36)23-8-5-4-6-9-23/h4-11,18-19,21H,3,12-17,20H2,1-2H3,(H,30,31,32). The van der Waals surface area contributed by atoms with Crippen molar-refractivity contribution in [3.63, 3.8) is 0 Å². The number of aromatic nitrogens is 5. The van der Waals surface area contributed by atoms with Gasteiger partial charge in [-0.15, -0.1) is 5.10 Å². The minimum Gasteiger partial charge on any atom is -0.369 e. The van der Waals surface area contributed by atoms with Crippen molar-refractivity contribution in [1.29, 1.82) is 0 Å². The number of fused-ring (bicyclic) bond motifs is 1. The lowest BCUT2D eigenvalue weighted by Gasteiger charge is -2.35. The van der Waals surface area contributed by atoms with E-state index in [1.165, 1.54) is 5.69 Å². The van der Waals surface area contributed by atoms with Crippen LogP contribution in [0.2, 0.25) is 0 Å². The molecule has 0 saturated carbocycles. The molecule has 11 heteroatoms. The lowest BCUT2D eigenvalue weighted by Crippen LogP contribution is -2.46. The van der Waals surface area contributed by atoms with Crippen LogP contribution in [0.5, 0.6) is 0 Å². The number of piperazine rings is 1. The van der Waals surface area contributed by atoms with E-state index in [-0.39, 0.29) is 5.91 Å². The van der Waals surface area contributed by atoms with Crippen molar-refractivity contribution in [2.24, 2.45) is 0 Å². The second-order valence-corrected chi connectivity index (χ2v) is 10.1. The zero-order chi connectivity index (χ0) is 27.5. The van der Waals surface area contributed by atoms with Crippen molar-refractivity contribution in [2.75, 3.05) is 72.9 Å². The van der Waals surface area contributed by atoms with Gasteiger partial charge in [0.1, 0.15) is 11.4 Å². The first-order valence-corrected chi connectivity index (χ1v) is 13.8. The Labute approximate surface area is 234 Å². The molecule has 4 aromatic rings. The summed E-state index contributed by atoms with van der Waals surface area (Å²) in [5, 5.41) is 12.0. The second kappa shape index (κ2) is 11.3. The lowest BCUT2D eigenvalue weighted by molar-refractivity contribution is 0.0989. The lowest BCUT2D eigenvalue weighted by atomic mass is 10.2. The zero-order valence-electron chi connectivity index (χ0n) is 22.9. The Hall–Kier alpha value is -4.51. The number of anilines is 4. The quantitative estimate of drug-likeness (QED) is 0.381. The monoisotopic (exact) mass is 538 g/mol. The number of hydrogen-bond donors (Lipinski definition) is 1. The van der Waals surface area contributed by atoms with E-state index >= 15 is 0 Å². The van der Waals surface area contributed by atoms with E-state index in [1.807, 2.05) is 49.3 Å². The summed E-state index contributed by atoms with van der Waals surface area (Å²) in [6, 6.07) is 18.4. The molecule has 0 bridgehead atoms. The normalized spacial score (nSPS) is 16.1. The molecule has 11 nitrogen and oxygen atoms in total. The first-order valence-electron chi connectivity index (χ1n) is 13.8. The maximum atomic E-state index is 13.6. The predicted molar refractivity (Wildman–Crippen MR) is 156 cm³/mol. The fourth-order valence-corrected chi connectivity index (χ4v) is 5.24. The number of nitrogens with one attached hydrogen (secondary N) is 1. The van der Waals surface area contributed by atoms with Crippen molar-refractivity contribution in [2.45, 2.75) is 13.5 Å². The molecule has 1 N–H and O–H groups in total. The van der Waals surface area contributed by atoms with Crippen LogP contribution in [-0.4, -0.2) is 88.6 Å². The Morgan fingerprint density at radius 2 is 1.68 bits per heavy atom. The highest BCUT2D eigenvalue weighted by atomic mass is 16.2. The number of hydrogen-bond acceptors (Lipinski definition) is 9. The fraction of sp³-hybridized carbons (Fsp3) is 0.345. The number of amides is 1. The predicted octanol–water partition coefficient (Wildman–Crippen LogP) is 2.91. The molecule has 4 heterocycles. The summed E-state index contributed by atoms with van der Waals surface area (Å²) in [6.45, 7) is 8.57. The first-order chi connectivity index (χ1) is 19.6. The number of benzene rings is 2. The van der Waals surface area contributed by atoms with Crippen LogP contribution in [0.1, 0.15) is 23.0 Å². The molecule has 0 radical (unpaired) electrons. The van der Waals surface area contributed by atoms with Gasteiger partial charge in [-0.05, 0) is 37.3 Å². The molecular formula is C29H34N10O. The van der Waals surface area contributed by atoms with Crippen LogP contribution in [-0.2, 0) is 6.54 Å². The number of likely N-dealkylation sites (N-methyl/N-ethyl adjacent to an activating group) is 1. The molecule has 0 unspecified atom stereocenters. The molecule has 0 spiro atoms. The first kappa shape index (κ1) is 25.8. The van der Waals surface area contributed by atoms with Crippen LogP contribution in [0.3, 0.4) is 0 Å². The van der Waals surface area contributed by atoms with Gasteiger partial charge in [0.05, 0.1) is 17.6 Å². The van der Waals surface area contributed by atoms with Gasteiger partial charge in [0.2, 0.25) is 5.95 Å². The summed E-state index contributed by atoms with van der Waals surface area (Å²) in [5.41, 5.74) is 4.34. The average Bonchev–Trinajstić information content (AvgIpc) is 3.42. The molecule has 2 aliphatic heterocycles. The molecule has 0 atom stereocenters. The highest BCUT2D eigenvalue weighted by Gasteiger charge is 2.28. The highest BCUT2D eigenvalue weighted by Crippen LogP contribution is 2.27.